The molecule has 0 heterocycles. The van der Waals surface area contributed by atoms with Crippen molar-refractivity contribution in [1.82, 2.24) is 0 Å². The number of hydrogen-bond donors (Lipinski definition) is 2. The first-order valence-electron chi connectivity index (χ1n) is 3.32. The molecule has 65 valence electrons. The van der Waals surface area contributed by atoms with Crippen molar-refractivity contribution in [1.29, 1.82) is 0 Å². The molecule has 0 bridgehead atoms. The van der Waals surface area contributed by atoms with Crippen molar-refractivity contribution in [3.05, 3.63) is 0 Å². The zero-order valence-electron chi connectivity index (χ0n) is 6.70. The van der Waals surface area contributed by atoms with Gasteiger partial charge in [-0.3, -0.25) is 0 Å². The average molecular weight is 161 g/mol. The maximum absolute atomic E-state index is 9.60. The Morgan fingerprint density at radius 2 is 2.18 bits per heavy atom. The minimum Gasteiger partial charge on any atom is -0.454 e. The number of hydrogen-bond acceptors (Lipinski definition) is 4. The highest BCUT2D eigenvalue weighted by Crippen LogP contribution is 2.19. The van der Waals surface area contributed by atoms with Crippen LogP contribution in [0.1, 0.15) is 13.8 Å². The second-order valence-corrected chi connectivity index (χ2v) is 3.06. The molecule has 0 spiro atoms. The smallest absolute Gasteiger partial charge is 0.417 e. The summed E-state index contributed by atoms with van der Waals surface area (Å²) in [5.41, 5.74) is -0.642. The summed E-state index contributed by atoms with van der Waals surface area (Å²) in [4.78, 5) is 9.60. The fraction of sp³-hybridized carbons (Fsp3) is 0.857. The lowest BCUT2D eigenvalue weighted by Crippen LogP contribution is -2.36. The quantitative estimate of drug-likeness (QED) is 0.567. The van der Waals surface area contributed by atoms with Crippen LogP contribution in [0.25, 0.3) is 0 Å². The van der Waals surface area contributed by atoms with Crippen LogP contribution in [0.5, 0.6) is 0 Å². The summed E-state index contributed by atoms with van der Waals surface area (Å²) in [6.45, 7) is 4.26. The van der Waals surface area contributed by atoms with E-state index < -0.39 is 11.5 Å². The van der Waals surface area contributed by atoms with Gasteiger partial charge in [0.15, 0.2) is 0 Å². The van der Waals surface area contributed by atoms with E-state index in [-0.39, 0.29) is 13.2 Å². The molecular formula is C7H13O4. The molecular weight excluding hydrogens is 148 g/mol. The van der Waals surface area contributed by atoms with Crippen LogP contribution in [0.15, 0.2) is 0 Å². The van der Waals surface area contributed by atoms with Gasteiger partial charge in [0.1, 0.15) is 6.61 Å². The predicted molar refractivity (Wildman–Crippen MR) is 38.5 cm³/mol. The molecule has 0 saturated carbocycles. The Morgan fingerprint density at radius 3 is 2.55 bits per heavy atom. The zero-order chi connectivity index (χ0) is 8.91. The molecule has 4 nitrogen and oxygen atoms in total. The van der Waals surface area contributed by atoms with Crippen molar-refractivity contribution in [2.45, 2.75) is 20.0 Å². The van der Waals surface area contributed by atoms with Crippen LogP contribution < -0.4 is 0 Å². The maximum Gasteiger partial charge on any atom is 0.417 e. The first-order valence-corrected chi connectivity index (χ1v) is 3.32. The first-order chi connectivity index (χ1) is 5.04. The van der Waals surface area contributed by atoms with Crippen molar-refractivity contribution in [3.8, 4) is 0 Å². The van der Waals surface area contributed by atoms with E-state index in [0.29, 0.717) is 0 Å². The number of carbonyl (C=O) groups excluding carboxylic acids is 1. The summed E-state index contributed by atoms with van der Waals surface area (Å²) in [5.74, 6) is 0. The number of ether oxygens (including phenoxy) is 1. The van der Waals surface area contributed by atoms with E-state index in [1.165, 1.54) is 6.47 Å². The first kappa shape index (κ1) is 10.4. The lowest BCUT2D eigenvalue weighted by Gasteiger charge is -2.26. The van der Waals surface area contributed by atoms with Crippen LogP contribution in [-0.2, 0) is 9.53 Å². The topological polar surface area (TPSA) is 66.8 Å². The van der Waals surface area contributed by atoms with Crippen molar-refractivity contribution < 1.29 is 19.7 Å². The van der Waals surface area contributed by atoms with Gasteiger partial charge in [-0.1, -0.05) is 13.8 Å². The van der Waals surface area contributed by atoms with Gasteiger partial charge < -0.3 is 14.9 Å². The molecule has 0 aliphatic rings. The Balaban J connectivity index is 3.80. The van der Waals surface area contributed by atoms with Gasteiger partial charge in [-0.25, -0.2) is 4.79 Å². The van der Waals surface area contributed by atoms with Crippen molar-refractivity contribution in [3.63, 3.8) is 0 Å². The van der Waals surface area contributed by atoms with Gasteiger partial charge in [-0.05, 0) is 0 Å². The molecule has 1 atom stereocenters. The van der Waals surface area contributed by atoms with Crippen molar-refractivity contribution in [2.24, 2.45) is 5.41 Å². The van der Waals surface area contributed by atoms with Gasteiger partial charge >= 0.3 is 6.47 Å². The molecule has 0 fully saturated rings. The van der Waals surface area contributed by atoms with Crippen LogP contribution >= 0.6 is 0 Å². The third-order valence-electron chi connectivity index (χ3n) is 1.61. The van der Waals surface area contributed by atoms with Crippen LogP contribution in [0, 0.1) is 5.41 Å². The largest absolute Gasteiger partial charge is 0.454 e. The Bertz CT molecular complexity index is 122. The molecule has 0 amide bonds. The van der Waals surface area contributed by atoms with Gasteiger partial charge in [0.05, 0.1) is 12.7 Å². The van der Waals surface area contributed by atoms with Gasteiger partial charge in [-0.2, -0.15) is 0 Å². The summed E-state index contributed by atoms with van der Waals surface area (Å²) in [6.07, 6.45) is -0.853. The Morgan fingerprint density at radius 1 is 1.64 bits per heavy atom. The van der Waals surface area contributed by atoms with Gasteiger partial charge in [0.2, 0.25) is 0 Å². The maximum atomic E-state index is 9.60. The van der Waals surface area contributed by atoms with Crippen LogP contribution in [0.3, 0.4) is 0 Å². The zero-order valence-corrected chi connectivity index (χ0v) is 6.70. The summed E-state index contributed by atoms with van der Waals surface area (Å²) >= 11 is 0. The molecule has 2 N–H and O–H groups in total. The fourth-order valence-corrected chi connectivity index (χ4v) is 0.444. The molecule has 0 aromatic carbocycles. The van der Waals surface area contributed by atoms with E-state index in [1.807, 2.05) is 0 Å². The molecule has 4 heteroatoms. The monoisotopic (exact) mass is 161 g/mol. The molecule has 0 aliphatic carbocycles. The third-order valence-corrected chi connectivity index (χ3v) is 1.61. The summed E-state index contributed by atoms with van der Waals surface area (Å²) in [7, 11) is 0. The Kier molecular flexibility index (Phi) is 4.07. The van der Waals surface area contributed by atoms with Crippen molar-refractivity contribution in [2.75, 3.05) is 13.2 Å². The molecule has 1 radical (unpaired) electrons. The molecule has 0 aromatic rings. The highest BCUT2D eigenvalue weighted by Gasteiger charge is 2.27. The SMILES string of the molecule is CC(C)(CO)C(O)CO[C]=O. The van der Waals surface area contributed by atoms with E-state index in [4.69, 9.17) is 5.11 Å². The number of aliphatic hydroxyl groups is 2. The third kappa shape index (κ3) is 3.34. The van der Waals surface area contributed by atoms with E-state index in [1.54, 1.807) is 13.8 Å². The second kappa shape index (κ2) is 4.31. The number of rotatable bonds is 5. The summed E-state index contributed by atoms with van der Waals surface area (Å²) in [5, 5.41) is 18.0. The Labute approximate surface area is 65.8 Å². The average Bonchev–Trinajstić information content (AvgIpc) is 2.00. The molecule has 0 saturated heterocycles. The van der Waals surface area contributed by atoms with E-state index in [0.717, 1.165) is 0 Å². The van der Waals surface area contributed by atoms with Crippen LogP contribution in [-0.4, -0.2) is 36.0 Å². The minimum atomic E-state index is -0.853. The Hall–Kier alpha value is -0.610. The predicted octanol–water partition coefficient (Wildman–Crippen LogP) is -0.550. The van der Waals surface area contributed by atoms with Gasteiger partial charge in [0, 0.05) is 5.41 Å². The molecule has 0 aliphatic heterocycles. The van der Waals surface area contributed by atoms with Gasteiger partial charge in [0.25, 0.3) is 0 Å². The highest BCUT2D eigenvalue weighted by molar-refractivity contribution is 5.38. The summed E-state index contributed by atoms with van der Waals surface area (Å²) < 4.78 is 4.22. The fourth-order valence-electron chi connectivity index (χ4n) is 0.444. The number of aliphatic hydroxyl groups excluding tert-OH is 2. The van der Waals surface area contributed by atoms with E-state index in [9.17, 15) is 9.90 Å². The van der Waals surface area contributed by atoms with Gasteiger partial charge in [-0.15, -0.1) is 0 Å². The molecule has 1 unspecified atom stereocenters. The molecule has 0 aromatic heterocycles. The molecule has 11 heavy (non-hydrogen) atoms. The normalized spacial score (nSPS) is 14.2. The lowest BCUT2D eigenvalue weighted by molar-refractivity contribution is -0.0225. The highest BCUT2D eigenvalue weighted by atomic mass is 16.5. The van der Waals surface area contributed by atoms with Crippen LogP contribution in [0.4, 0.5) is 0 Å². The minimum absolute atomic E-state index is 0.128. The van der Waals surface area contributed by atoms with E-state index in [2.05, 4.69) is 4.74 Å². The van der Waals surface area contributed by atoms with Crippen molar-refractivity contribution >= 4 is 6.47 Å². The lowest BCUT2D eigenvalue weighted by atomic mass is 9.88. The molecule has 0 rings (SSSR count). The van der Waals surface area contributed by atoms with E-state index >= 15 is 0 Å². The standard InChI is InChI=1S/C7H13O4/c1-7(2,4-8)6(10)3-11-5-9/h6,8,10H,3-4H2,1-2H3. The second-order valence-electron chi connectivity index (χ2n) is 3.06. The summed E-state index contributed by atoms with van der Waals surface area (Å²) in [6, 6.07) is 0. The van der Waals surface area contributed by atoms with Crippen LogP contribution in [0.2, 0.25) is 0 Å².